The Morgan fingerprint density at radius 3 is 2.39 bits per heavy atom. The second kappa shape index (κ2) is 11.9. The van der Waals surface area contributed by atoms with Gasteiger partial charge in [-0.3, -0.25) is 9.69 Å². The molecule has 1 saturated heterocycles. The fourth-order valence-corrected chi connectivity index (χ4v) is 4.81. The van der Waals surface area contributed by atoms with Crippen molar-refractivity contribution in [1.82, 2.24) is 25.0 Å². The van der Waals surface area contributed by atoms with E-state index in [1.54, 1.807) is 0 Å². The standard InChI is InChI=1S/C25H32N6OS/c1-21-27-28-25(31(21)19-22-9-4-2-5-10-22)33-20-24(32)26-13-8-14-29-15-17-30(18-16-29)23-11-6-3-7-12-23/h2-7,9-12H,8,13-20H2,1H3,(H,26,32). The van der Waals surface area contributed by atoms with Crippen LogP contribution in [0.5, 0.6) is 0 Å². The zero-order valence-electron chi connectivity index (χ0n) is 19.2. The topological polar surface area (TPSA) is 66.3 Å². The normalized spacial score (nSPS) is 14.4. The highest BCUT2D eigenvalue weighted by Gasteiger charge is 2.17. The largest absolute Gasteiger partial charge is 0.369 e. The van der Waals surface area contributed by atoms with Crippen LogP contribution in [0, 0.1) is 6.92 Å². The summed E-state index contributed by atoms with van der Waals surface area (Å²) >= 11 is 1.44. The van der Waals surface area contributed by atoms with Crippen LogP contribution in [0.4, 0.5) is 5.69 Å². The number of thioether (sulfide) groups is 1. The molecule has 1 aliphatic heterocycles. The monoisotopic (exact) mass is 464 g/mol. The van der Waals surface area contributed by atoms with Gasteiger partial charge >= 0.3 is 0 Å². The third kappa shape index (κ3) is 6.82. The molecule has 1 N–H and O–H groups in total. The maximum atomic E-state index is 12.3. The molecule has 2 heterocycles. The Labute approximate surface area is 200 Å². The minimum atomic E-state index is 0.0424. The van der Waals surface area contributed by atoms with E-state index in [9.17, 15) is 4.79 Å². The van der Waals surface area contributed by atoms with Gasteiger partial charge in [0.25, 0.3) is 0 Å². The molecule has 174 valence electrons. The number of benzene rings is 2. The van der Waals surface area contributed by atoms with Crippen LogP contribution < -0.4 is 10.2 Å². The molecule has 0 bridgehead atoms. The van der Waals surface area contributed by atoms with Gasteiger partial charge in [-0.25, -0.2) is 0 Å². The summed E-state index contributed by atoms with van der Waals surface area (Å²) in [5.41, 5.74) is 2.49. The third-order valence-electron chi connectivity index (χ3n) is 5.88. The summed E-state index contributed by atoms with van der Waals surface area (Å²) in [6.07, 6.45) is 0.963. The summed E-state index contributed by atoms with van der Waals surface area (Å²) in [5.74, 6) is 1.25. The van der Waals surface area contributed by atoms with Gasteiger partial charge in [-0.2, -0.15) is 0 Å². The maximum absolute atomic E-state index is 12.3. The van der Waals surface area contributed by atoms with Crippen LogP contribution >= 0.6 is 11.8 Å². The van der Waals surface area contributed by atoms with Gasteiger partial charge in [-0.1, -0.05) is 60.3 Å². The van der Waals surface area contributed by atoms with Crippen LogP contribution in [0.25, 0.3) is 0 Å². The lowest BCUT2D eigenvalue weighted by atomic mass is 10.2. The first-order valence-corrected chi connectivity index (χ1v) is 12.5. The molecule has 1 amide bonds. The van der Waals surface area contributed by atoms with Gasteiger partial charge < -0.3 is 14.8 Å². The number of nitrogens with one attached hydrogen (secondary N) is 1. The van der Waals surface area contributed by atoms with Crippen LogP contribution in [0.15, 0.2) is 65.8 Å². The van der Waals surface area contributed by atoms with Crippen LogP contribution in [-0.4, -0.2) is 70.6 Å². The Morgan fingerprint density at radius 2 is 1.67 bits per heavy atom. The first-order valence-electron chi connectivity index (χ1n) is 11.5. The van der Waals surface area contributed by atoms with Crippen LogP contribution in [-0.2, 0) is 11.3 Å². The predicted molar refractivity (Wildman–Crippen MR) is 134 cm³/mol. The van der Waals surface area contributed by atoms with Crippen molar-refractivity contribution in [2.45, 2.75) is 25.0 Å². The number of hydrogen-bond donors (Lipinski definition) is 1. The highest BCUT2D eigenvalue weighted by atomic mass is 32.2. The SMILES string of the molecule is Cc1nnc(SCC(=O)NCCCN2CCN(c3ccccc3)CC2)n1Cc1ccccc1. The lowest BCUT2D eigenvalue weighted by molar-refractivity contribution is -0.118. The number of piperazine rings is 1. The second-order valence-electron chi connectivity index (χ2n) is 8.26. The van der Waals surface area contributed by atoms with Crippen LogP contribution in [0.1, 0.15) is 17.8 Å². The summed E-state index contributed by atoms with van der Waals surface area (Å²) in [6.45, 7) is 8.60. The van der Waals surface area contributed by atoms with Crippen LogP contribution in [0.3, 0.4) is 0 Å². The number of aryl methyl sites for hydroxylation is 1. The molecule has 1 fully saturated rings. The number of nitrogens with zero attached hydrogens (tertiary/aromatic N) is 5. The van der Waals surface area contributed by atoms with Crippen molar-refractivity contribution in [3.8, 4) is 0 Å². The summed E-state index contributed by atoms with van der Waals surface area (Å²) < 4.78 is 2.06. The fourth-order valence-electron chi connectivity index (χ4n) is 4.00. The number of aromatic nitrogens is 3. The Bertz CT molecular complexity index is 1000. The average molecular weight is 465 g/mol. The fraction of sp³-hybridized carbons (Fsp3) is 0.400. The van der Waals surface area contributed by atoms with E-state index in [4.69, 9.17) is 0 Å². The molecule has 0 saturated carbocycles. The van der Waals surface area contributed by atoms with Gasteiger partial charge in [-0.15, -0.1) is 10.2 Å². The number of rotatable bonds is 10. The third-order valence-corrected chi connectivity index (χ3v) is 6.85. The molecule has 2 aromatic carbocycles. The van der Waals surface area contributed by atoms with E-state index in [0.29, 0.717) is 18.8 Å². The minimum absolute atomic E-state index is 0.0424. The van der Waals surface area contributed by atoms with Gasteiger partial charge in [0.15, 0.2) is 5.16 Å². The van der Waals surface area contributed by atoms with Crippen molar-refractivity contribution in [1.29, 1.82) is 0 Å². The second-order valence-corrected chi connectivity index (χ2v) is 9.20. The Balaban J connectivity index is 1.13. The molecule has 0 atom stereocenters. The molecule has 1 aliphatic rings. The van der Waals surface area contributed by atoms with Crippen molar-refractivity contribution in [3.05, 3.63) is 72.1 Å². The maximum Gasteiger partial charge on any atom is 0.230 e. The van der Waals surface area contributed by atoms with Gasteiger partial charge in [0.2, 0.25) is 5.91 Å². The van der Waals surface area contributed by atoms with E-state index in [1.165, 1.54) is 23.0 Å². The molecule has 8 heteroatoms. The van der Waals surface area contributed by atoms with E-state index in [2.05, 4.69) is 72.3 Å². The first-order chi connectivity index (χ1) is 16.2. The van der Waals surface area contributed by atoms with E-state index in [-0.39, 0.29) is 5.91 Å². The summed E-state index contributed by atoms with van der Waals surface area (Å²) in [4.78, 5) is 17.3. The van der Waals surface area contributed by atoms with Gasteiger partial charge in [0, 0.05) is 38.4 Å². The van der Waals surface area contributed by atoms with Crippen molar-refractivity contribution in [2.24, 2.45) is 0 Å². The zero-order chi connectivity index (χ0) is 22.9. The lowest BCUT2D eigenvalue weighted by Gasteiger charge is -2.36. The van der Waals surface area contributed by atoms with E-state index in [1.807, 2.05) is 25.1 Å². The number of anilines is 1. The van der Waals surface area contributed by atoms with E-state index in [0.717, 1.165) is 50.1 Å². The van der Waals surface area contributed by atoms with Gasteiger partial charge in [-0.05, 0) is 37.6 Å². The Hall–Kier alpha value is -2.84. The summed E-state index contributed by atoms with van der Waals surface area (Å²) in [5, 5.41) is 12.3. The van der Waals surface area contributed by atoms with E-state index < -0.39 is 0 Å². The predicted octanol–water partition coefficient (Wildman–Crippen LogP) is 3.06. The number of para-hydroxylation sites is 1. The summed E-state index contributed by atoms with van der Waals surface area (Å²) in [7, 11) is 0. The highest BCUT2D eigenvalue weighted by molar-refractivity contribution is 7.99. The average Bonchev–Trinajstić information content (AvgIpc) is 3.21. The quantitative estimate of drug-likeness (QED) is 0.368. The molecular formula is C25H32N6OS. The summed E-state index contributed by atoms with van der Waals surface area (Å²) in [6, 6.07) is 20.8. The minimum Gasteiger partial charge on any atom is -0.369 e. The Morgan fingerprint density at radius 1 is 0.970 bits per heavy atom. The number of carbonyl (C=O) groups is 1. The van der Waals surface area contributed by atoms with Crippen molar-refractivity contribution in [2.75, 3.05) is 49.9 Å². The van der Waals surface area contributed by atoms with Gasteiger partial charge in [0.1, 0.15) is 5.82 Å². The molecule has 0 radical (unpaired) electrons. The van der Waals surface area contributed by atoms with E-state index >= 15 is 0 Å². The molecule has 1 aromatic heterocycles. The zero-order valence-corrected chi connectivity index (χ0v) is 20.0. The number of amides is 1. The molecule has 7 nitrogen and oxygen atoms in total. The molecular weight excluding hydrogens is 432 g/mol. The number of hydrogen-bond acceptors (Lipinski definition) is 6. The lowest BCUT2D eigenvalue weighted by Crippen LogP contribution is -2.47. The first kappa shape index (κ1) is 23.3. The number of carbonyl (C=O) groups excluding carboxylic acids is 1. The van der Waals surface area contributed by atoms with Crippen molar-refractivity contribution >= 4 is 23.4 Å². The molecule has 33 heavy (non-hydrogen) atoms. The Kier molecular flexibility index (Phi) is 8.38. The molecule has 0 aliphatic carbocycles. The van der Waals surface area contributed by atoms with Crippen molar-refractivity contribution < 1.29 is 4.79 Å². The van der Waals surface area contributed by atoms with Gasteiger partial charge in [0.05, 0.1) is 12.3 Å². The molecule has 0 spiro atoms. The van der Waals surface area contributed by atoms with Crippen molar-refractivity contribution in [3.63, 3.8) is 0 Å². The smallest absolute Gasteiger partial charge is 0.230 e. The molecule has 0 unspecified atom stereocenters. The highest BCUT2D eigenvalue weighted by Crippen LogP contribution is 2.18. The molecule has 3 aromatic rings. The van der Waals surface area contributed by atoms with Crippen LogP contribution in [0.2, 0.25) is 0 Å². The molecule has 4 rings (SSSR count).